The Labute approximate surface area is 110 Å². The van der Waals surface area contributed by atoms with E-state index in [-0.39, 0.29) is 0 Å². The van der Waals surface area contributed by atoms with E-state index in [0.717, 1.165) is 12.5 Å². The van der Waals surface area contributed by atoms with Crippen molar-refractivity contribution in [3.8, 4) is 0 Å². The number of hydrogen-bond acceptors (Lipinski definition) is 1. The van der Waals surface area contributed by atoms with Gasteiger partial charge < -0.3 is 5.32 Å². The molecule has 17 heavy (non-hydrogen) atoms. The van der Waals surface area contributed by atoms with Gasteiger partial charge in [0.25, 0.3) is 0 Å². The van der Waals surface area contributed by atoms with Crippen molar-refractivity contribution in [2.24, 2.45) is 11.3 Å². The van der Waals surface area contributed by atoms with Crippen molar-refractivity contribution in [2.45, 2.75) is 79.6 Å². The molecule has 0 radical (unpaired) electrons. The lowest BCUT2D eigenvalue weighted by Gasteiger charge is -2.35. The molecular formula is C16H35N. The summed E-state index contributed by atoms with van der Waals surface area (Å²) in [6.45, 7) is 13.9. The van der Waals surface area contributed by atoms with Gasteiger partial charge in [0.1, 0.15) is 0 Å². The Morgan fingerprint density at radius 1 is 1.00 bits per heavy atom. The second-order valence-corrected chi connectivity index (χ2v) is 5.61. The maximum absolute atomic E-state index is 3.58. The first-order valence-corrected chi connectivity index (χ1v) is 7.88. The van der Waals surface area contributed by atoms with Crippen molar-refractivity contribution in [3.05, 3.63) is 0 Å². The van der Waals surface area contributed by atoms with Crippen LogP contribution in [-0.4, -0.2) is 13.1 Å². The molecule has 0 saturated carbocycles. The molecule has 0 heterocycles. The van der Waals surface area contributed by atoms with Gasteiger partial charge in [0, 0.05) is 6.54 Å². The van der Waals surface area contributed by atoms with Crippen LogP contribution in [0, 0.1) is 11.3 Å². The van der Waals surface area contributed by atoms with E-state index in [4.69, 9.17) is 0 Å². The number of hydrogen-bond donors (Lipinski definition) is 1. The maximum Gasteiger partial charge on any atom is 0.000759 e. The molecule has 0 rings (SSSR count). The van der Waals surface area contributed by atoms with E-state index < -0.39 is 0 Å². The lowest BCUT2D eigenvalue weighted by atomic mass is 9.73. The van der Waals surface area contributed by atoms with Gasteiger partial charge in [0.2, 0.25) is 0 Å². The van der Waals surface area contributed by atoms with Crippen LogP contribution in [0.1, 0.15) is 79.6 Å². The first kappa shape index (κ1) is 17.0. The summed E-state index contributed by atoms with van der Waals surface area (Å²) in [5, 5.41) is 3.58. The predicted octanol–water partition coefficient (Wildman–Crippen LogP) is 5.01. The van der Waals surface area contributed by atoms with Crippen LogP contribution < -0.4 is 5.32 Å². The molecule has 0 spiro atoms. The van der Waals surface area contributed by atoms with Gasteiger partial charge in [-0.1, -0.05) is 60.3 Å². The van der Waals surface area contributed by atoms with Gasteiger partial charge in [-0.3, -0.25) is 0 Å². The molecule has 0 aliphatic heterocycles. The summed E-state index contributed by atoms with van der Waals surface area (Å²) in [4.78, 5) is 0. The minimum absolute atomic E-state index is 0.546. The first-order valence-electron chi connectivity index (χ1n) is 7.88. The molecule has 0 fully saturated rings. The molecule has 1 atom stereocenters. The molecule has 0 aromatic rings. The smallest absolute Gasteiger partial charge is 0.000759 e. The summed E-state index contributed by atoms with van der Waals surface area (Å²) in [7, 11) is 0. The monoisotopic (exact) mass is 241 g/mol. The molecule has 0 aromatic heterocycles. The molecule has 0 bridgehead atoms. The van der Waals surface area contributed by atoms with Gasteiger partial charge in [0.15, 0.2) is 0 Å². The highest BCUT2D eigenvalue weighted by atomic mass is 14.9. The highest BCUT2D eigenvalue weighted by Crippen LogP contribution is 2.36. The molecular weight excluding hydrogens is 206 g/mol. The Balaban J connectivity index is 4.36. The zero-order valence-electron chi connectivity index (χ0n) is 12.9. The Kier molecular flexibility index (Phi) is 9.91. The van der Waals surface area contributed by atoms with Crippen molar-refractivity contribution in [2.75, 3.05) is 13.1 Å². The van der Waals surface area contributed by atoms with Crippen LogP contribution in [0.3, 0.4) is 0 Å². The van der Waals surface area contributed by atoms with Gasteiger partial charge >= 0.3 is 0 Å². The van der Waals surface area contributed by atoms with Gasteiger partial charge in [-0.25, -0.2) is 0 Å². The fourth-order valence-corrected chi connectivity index (χ4v) is 2.81. The second-order valence-electron chi connectivity index (χ2n) is 5.61. The van der Waals surface area contributed by atoms with Crippen molar-refractivity contribution in [1.82, 2.24) is 5.32 Å². The molecule has 1 heteroatoms. The Bertz CT molecular complexity index is 161. The maximum atomic E-state index is 3.58. The van der Waals surface area contributed by atoms with E-state index >= 15 is 0 Å². The van der Waals surface area contributed by atoms with Gasteiger partial charge in [-0.05, 0) is 37.1 Å². The lowest BCUT2D eigenvalue weighted by molar-refractivity contribution is 0.178. The van der Waals surface area contributed by atoms with Crippen molar-refractivity contribution in [3.63, 3.8) is 0 Å². The normalized spacial score (nSPS) is 13.9. The number of nitrogens with one attached hydrogen (secondary N) is 1. The number of unbranched alkanes of at least 4 members (excludes halogenated alkanes) is 1. The van der Waals surface area contributed by atoms with Gasteiger partial charge in [0.05, 0.1) is 0 Å². The van der Waals surface area contributed by atoms with Crippen LogP contribution in [0.4, 0.5) is 0 Å². The topological polar surface area (TPSA) is 12.0 Å². The summed E-state index contributed by atoms with van der Waals surface area (Å²) >= 11 is 0. The molecule has 0 saturated heterocycles. The summed E-state index contributed by atoms with van der Waals surface area (Å²) in [6.07, 6.45) is 9.59. The van der Waals surface area contributed by atoms with E-state index in [2.05, 4.69) is 39.9 Å². The molecule has 0 aliphatic carbocycles. The Morgan fingerprint density at radius 2 is 1.65 bits per heavy atom. The van der Waals surface area contributed by atoms with E-state index in [1.165, 1.54) is 51.5 Å². The quantitative estimate of drug-likeness (QED) is 0.536. The lowest BCUT2D eigenvalue weighted by Crippen LogP contribution is -2.35. The Hall–Kier alpha value is -0.0400. The average molecular weight is 241 g/mol. The van der Waals surface area contributed by atoms with Crippen molar-refractivity contribution < 1.29 is 0 Å². The van der Waals surface area contributed by atoms with Crippen molar-refractivity contribution in [1.29, 1.82) is 0 Å². The molecule has 104 valence electrons. The largest absolute Gasteiger partial charge is 0.316 e. The van der Waals surface area contributed by atoms with Crippen LogP contribution in [0.2, 0.25) is 0 Å². The average Bonchev–Trinajstić information content (AvgIpc) is 2.39. The predicted molar refractivity (Wildman–Crippen MR) is 79.5 cm³/mol. The van der Waals surface area contributed by atoms with Crippen LogP contribution >= 0.6 is 0 Å². The second kappa shape index (κ2) is 9.94. The SMILES string of the molecule is CCCCC(CC)CC(CC)(CC)CNCC. The van der Waals surface area contributed by atoms with Crippen LogP contribution in [0.25, 0.3) is 0 Å². The molecule has 1 nitrogen and oxygen atoms in total. The highest BCUT2D eigenvalue weighted by Gasteiger charge is 2.28. The van der Waals surface area contributed by atoms with Crippen LogP contribution in [-0.2, 0) is 0 Å². The molecule has 0 amide bonds. The summed E-state index contributed by atoms with van der Waals surface area (Å²) in [5.74, 6) is 0.938. The van der Waals surface area contributed by atoms with E-state index in [1.807, 2.05) is 0 Å². The molecule has 0 aliphatic rings. The zero-order valence-corrected chi connectivity index (χ0v) is 12.9. The fourth-order valence-electron chi connectivity index (χ4n) is 2.81. The first-order chi connectivity index (χ1) is 8.17. The highest BCUT2D eigenvalue weighted by molar-refractivity contribution is 4.81. The van der Waals surface area contributed by atoms with Crippen LogP contribution in [0.15, 0.2) is 0 Å². The zero-order chi connectivity index (χ0) is 13.1. The Morgan fingerprint density at radius 3 is 2.06 bits per heavy atom. The summed E-state index contributed by atoms with van der Waals surface area (Å²) < 4.78 is 0. The van der Waals surface area contributed by atoms with Crippen LogP contribution in [0.5, 0.6) is 0 Å². The van der Waals surface area contributed by atoms with E-state index in [0.29, 0.717) is 5.41 Å². The summed E-state index contributed by atoms with van der Waals surface area (Å²) in [5.41, 5.74) is 0.546. The third-order valence-corrected chi connectivity index (χ3v) is 4.51. The molecule has 0 aromatic carbocycles. The van der Waals surface area contributed by atoms with E-state index in [9.17, 15) is 0 Å². The summed E-state index contributed by atoms with van der Waals surface area (Å²) in [6, 6.07) is 0. The third-order valence-electron chi connectivity index (χ3n) is 4.51. The van der Waals surface area contributed by atoms with Crippen molar-refractivity contribution >= 4 is 0 Å². The molecule has 1 unspecified atom stereocenters. The standard InChI is InChI=1S/C16H35N/c1-6-11-12-15(7-2)13-16(8-3,9-4)14-17-10-5/h15,17H,6-14H2,1-5H3. The van der Waals surface area contributed by atoms with Gasteiger partial charge in [-0.15, -0.1) is 0 Å². The van der Waals surface area contributed by atoms with Gasteiger partial charge in [-0.2, -0.15) is 0 Å². The fraction of sp³-hybridized carbons (Fsp3) is 1.00. The minimum Gasteiger partial charge on any atom is -0.316 e. The third kappa shape index (κ3) is 6.45. The van der Waals surface area contributed by atoms with E-state index in [1.54, 1.807) is 0 Å². The molecule has 1 N–H and O–H groups in total. The number of rotatable bonds is 11. The minimum atomic E-state index is 0.546.